The van der Waals surface area contributed by atoms with Crippen molar-refractivity contribution in [1.29, 1.82) is 0 Å². The Hall–Kier alpha value is -1.20. The van der Waals surface area contributed by atoms with Crippen molar-refractivity contribution < 1.29 is 9.47 Å². The van der Waals surface area contributed by atoms with Crippen molar-refractivity contribution in [3.63, 3.8) is 0 Å². The fourth-order valence-electron chi connectivity index (χ4n) is 1.47. The van der Waals surface area contributed by atoms with Gasteiger partial charge in [0.25, 0.3) is 0 Å². The molecule has 2 N–H and O–H groups in total. The van der Waals surface area contributed by atoms with Crippen LogP contribution in [-0.2, 0) is 4.74 Å². The van der Waals surface area contributed by atoms with Gasteiger partial charge in [-0.05, 0) is 6.42 Å². The summed E-state index contributed by atoms with van der Waals surface area (Å²) in [6.45, 7) is 2.01. The Labute approximate surface area is 89.6 Å². The first kappa shape index (κ1) is 11.9. The normalized spacial score (nSPS) is 14.7. The topological polar surface area (TPSA) is 70.3 Å². The van der Waals surface area contributed by atoms with Crippen molar-refractivity contribution >= 4 is 0 Å². The van der Waals surface area contributed by atoms with E-state index in [2.05, 4.69) is 9.97 Å². The van der Waals surface area contributed by atoms with E-state index in [9.17, 15) is 0 Å². The molecule has 2 unspecified atom stereocenters. The molecule has 1 aromatic heterocycles. The van der Waals surface area contributed by atoms with Crippen molar-refractivity contribution in [3.8, 4) is 5.88 Å². The maximum atomic E-state index is 6.03. The first-order valence-corrected chi connectivity index (χ1v) is 4.87. The van der Waals surface area contributed by atoms with E-state index < -0.39 is 0 Å². The second kappa shape index (κ2) is 5.63. The highest BCUT2D eigenvalue weighted by molar-refractivity contribution is 5.21. The number of rotatable bonds is 5. The zero-order chi connectivity index (χ0) is 11.3. The fourth-order valence-corrected chi connectivity index (χ4v) is 1.47. The predicted octanol–water partition coefficient (Wildman–Crippen LogP) is 0.910. The van der Waals surface area contributed by atoms with Crippen molar-refractivity contribution in [2.45, 2.75) is 25.5 Å². The Bertz CT molecular complexity index is 302. The summed E-state index contributed by atoms with van der Waals surface area (Å²) in [5.41, 5.74) is 6.66. The van der Waals surface area contributed by atoms with Gasteiger partial charge in [-0.3, -0.25) is 4.98 Å². The van der Waals surface area contributed by atoms with Crippen LogP contribution in [0.15, 0.2) is 12.4 Å². The molecule has 0 radical (unpaired) electrons. The van der Waals surface area contributed by atoms with E-state index in [1.807, 2.05) is 6.92 Å². The van der Waals surface area contributed by atoms with Crippen LogP contribution in [0.5, 0.6) is 5.88 Å². The van der Waals surface area contributed by atoms with E-state index >= 15 is 0 Å². The molecule has 0 amide bonds. The Kier molecular flexibility index (Phi) is 4.45. The SMILES string of the molecule is CCC(OC)C(N)c1nccnc1OC. The van der Waals surface area contributed by atoms with Crippen LogP contribution in [-0.4, -0.2) is 30.3 Å². The summed E-state index contributed by atoms with van der Waals surface area (Å²) in [7, 11) is 3.19. The molecule has 0 aliphatic heterocycles. The quantitative estimate of drug-likeness (QED) is 0.783. The zero-order valence-corrected chi connectivity index (χ0v) is 9.30. The lowest BCUT2D eigenvalue weighted by molar-refractivity contribution is 0.0750. The third-order valence-corrected chi connectivity index (χ3v) is 2.31. The largest absolute Gasteiger partial charge is 0.480 e. The second-order valence-electron chi connectivity index (χ2n) is 3.16. The van der Waals surface area contributed by atoms with Crippen LogP contribution in [0.4, 0.5) is 0 Å². The van der Waals surface area contributed by atoms with Gasteiger partial charge in [0.15, 0.2) is 0 Å². The molecular weight excluding hydrogens is 194 g/mol. The minimum absolute atomic E-state index is 0.0735. The van der Waals surface area contributed by atoms with Crippen molar-refractivity contribution in [1.82, 2.24) is 9.97 Å². The van der Waals surface area contributed by atoms with Gasteiger partial charge < -0.3 is 15.2 Å². The van der Waals surface area contributed by atoms with Gasteiger partial charge in [-0.15, -0.1) is 0 Å². The first-order chi connectivity index (χ1) is 7.24. The van der Waals surface area contributed by atoms with Gasteiger partial charge >= 0.3 is 0 Å². The smallest absolute Gasteiger partial charge is 0.237 e. The summed E-state index contributed by atoms with van der Waals surface area (Å²) in [6, 6.07) is -0.316. The van der Waals surface area contributed by atoms with Crippen molar-refractivity contribution in [2.24, 2.45) is 5.73 Å². The van der Waals surface area contributed by atoms with E-state index in [1.165, 1.54) is 0 Å². The van der Waals surface area contributed by atoms with Crippen molar-refractivity contribution in [3.05, 3.63) is 18.1 Å². The predicted molar refractivity (Wildman–Crippen MR) is 56.6 cm³/mol. The van der Waals surface area contributed by atoms with Crippen LogP contribution < -0.4 is 10.5 Å². The molecule has 0 fully saturated rings. The highest BCUT2D eigenvalue weighted by Crippen LogP contribution is 2.23. The molecule has 0 aromatic carbocycles. The summed E-state index contributed by atoms with van der Waals surface area (Å²) in [5.74, 6) is 0.459. The summed E-state index contributed by atoms with van der Waals surface area (Å²) in [4.78, 5) is 8.22. The van der Waals surface area contributed by atoms with Crippen LogP contribution in [0.3, 0.4) is 0 Å². The molecule has 84 valence electrons. The molecule has 0 bridgehead atoms. The Morgan fingerprint density at radius 2 is 2.00 bits per heavy atom. The number of ether oxygens (including phenoxy) is 2. The third-order valence-electron chi connectivity index (χ3n) is 2.31. The van der Waals surface area contributed by atoms with E-state index in [0.717, 1.165) is 6.42 Å². The Balaban J connectivity index is 2.93. The van der Waals surface area contributed by atoms with Gasteiger partial charge in [0.1, 0.15) is 5.69 Å². The molecule has 5 heteroatoms. The maximum Gasteiger partial charge on any atom is 0.237 e. The molecule has 0 aliphatic carbocycles. The standard InChI is InChI=1S/C10H17N3O2/c1-4-7(14-2)8(11)9-10(15-3)13-6-5-12-9/h5-8H,4,11H2,1-3H3. The maximum absolute atomic E-state index is 6.03. The van der Waals surface area contributed by atoms with E-state index in [-0.39, 0.29) is 12.1 Å². The lowest BCUT2D eigenvalue weighted by Gasteiger charge is -2.21. The fraction of sp³-hybridized carbons (Fsp3) is 0.600. The highest BCUT2D eigenvalue weighted by atomic mass is 16.5. The molecule has 2 atom stereocenters. The van der Waals surface area contributed by atoms with Crippen molar-refractivity contribution in [2.75, 3.05) is 14.2 Å². The highest BCUT2D eigenvalue weighted by Gasteiger charge is 2.22. The number of methoxy groups -OCH3 is 2. The molecule has 1 rings (SSSR count). The minimum atomic E-state index is -0.316. The molecule has 1 aromatic rings. The number of nitrogens with zero attached hydrogens (tertiary/aromatic N) is 2. The van der Waals surface area contributed by atoms with Gasteiger partial charge in [0, 0.05) is 19.5 Å². The second-order valence-corrected chi connectivity index (χ2v) is 3.16. The lowest BCUT2D eigenvalue weighted by Crippen LogP contribution is -2.28. The lowest BCUT2D eigenvalue weighted by atomic mass is 10.1. The Morgan fingerprint density at radius 3 is 2.53 bits per heavy atom. The first-order valence-electron chi connectivity index (χ1n) is 4.87. The summed E-state index contributed by atoms with van der Waals surface area (Å²) < 4.78 is 10.4. The monoisotopic (exact) mass is 211 g/mol. The Morgan fingerprint density at radius 1 is 1.33 bits per heavy atom. The van der Waals surface area contributed by atoms with E-state index in [4.69, 9.17) is 15.2 Å². The number of aromatic nitrogens is 2. The molecule has 0 saturated carbocycles. The molecular formula is C10H17N3O2. The van der Waals surface area contributed by atoms with Gasteiger partial charge in [-0.1, -0.05) is 6.92 Å². The summed E-state index contributed by atoms with van der Waals surface area (Å²) >= 11 is 0. The minimum Gasteiger partial charge on any atom is -0.480 e. The van der Waals surface area contributed by atoms with Crippen LogP contribution in [0.2, 0.25) is 0 Å². The summed E-state index contributed by atoms with van der Waals surface area (Å²) in [5, 5.41) is 0. The molecule has 1 heterocycles. The van der Waals surface area contributed by atoms with Gasteiger partial charge in [0.2, 0.25) is 5.88 Å². The molecule has 15 heavy (non-hydrogen) atoms. The number of nitrogens with two attached hydrogens (primary N) is 1. The molecule has 0 spiro atoms. The molecule has 0 saturated heterocycles. The van der Waals surface area contributed by atoms with Crippen LogP contribution >= 0.6 is 0 Å². The number of hydrogen-bond donors (Lipinski definition) is 1. The number of hydrogen-bond acceptors (Lipinski definition) is 5. The van der Waals surface area contributed by atoms with Crippen LogP contribution in [0.25, 0.3) is 0 Å². The molecule has 0 aliphatic rings. The average molecular weight is 211 g/mol. The van der Waals surface area contributed by atoms with E-state index in [0.29, 0.717) is 11.6 Å². The van der Waals surface area contributed by atoms with E-state index in [1.54, 1.807) is 26.6 Å². The van der Waals surface area contributed by atoms with Gasteiger partial charge in [0.05, 0.1) is 19.3 Å². The van der Waals surface area contributed by atoms with Gasteiger partial charge in [-0.25, -0.2) is 4.98 Å². The summed E-state index contributed by atoms with van der Waals surface area (Å²) in [6.07, 6.45) is 3.91. The average Bonchev–Trinajstić information content (AvgIpc) is 2.30. The van der Waals surface area contributed by atoms with Gasteiger partial charge in [-0.2, -0.15) is 0 Å². The third kappa shape index (κ3) is 2.64. The zero-order valence-electron chi connectivity index (χ0n) is 9.30. The molecule has 5 nitrogen and oxygen atoms in total. The van der Waals surface area contributed by atoms with Crippen LogP contribution in [0.1, 0.15) is 25.1 Å². The van der Waals surface area contributed by atoms with Crippen LogP contribution in [0, 0.1) is 0 Å².